The highest BCUT2D eigenvalue weighted by atomic mass is 16.4. The van der Waals surface area contributed by atoms with Crippen molar-refractivity contribution in [2.45, 2.75) is 49.8 Å². The molecule has 14 heavy (non-hydrogen) atoms. The average molecular weight is 203 g/mol. The van der Waals surface area contributed by atoms with Crippen LogP contribution in [0.2, 0.25) is 0 Å². The molecule has 0 saturated carbocycles. The molecule has 5 nitrogen and oxygen atoms in total. The van der Waals surface area contributed by atoms with Gasteiger partial charge in [0, 0.05) is 12.6 Å². The van der Waals surface area contributed by atoms with Crippen molar-refractivity contribution in [1.29, 1.82) is 0 Å². The molecule has 82 valence electrons. The molecule has 0 aromatic rings. The number of hydrogen-bond acceptors (Lipinski definition) is 5. The third-order valence-electron chi connectivity index (χ3n) is 3.33. The minimum absolute atomic E-state index is 0.211. The Morgan fingerprint density at radius 3 is 2.29 bits per heavy atom. The van der Waals surface area contributed by atoms with Crippen LogP contribution in [-0.4, -0.2) is 62.5 Å². The van der Waals surface area contributed by atoms with Crippen molar-refractivity contribution < 1.29 is 20.4 Å². The minimum atomic E-state index is -1.26. The van der Waals surface area contributed by atoms with Crippen LogP contribution in [0.4, 0.5) is 0 Å². The Kier molecular flexibility index (Phi) is 2.77. The third-order valence-corrected chi connectivity index (χ3v) is 3.33. The lowest BCUT2D eigenvalue weighted by Gasteiger charge is -2.49. The van der Waals surface area contributed by atoms with Gasteiger partial charge >= 0.3 is 0 Å². The largest absolute Gasteiger partial charge is 0.389 e. The summed E-state index contributed by atoms with van der Waals surface area (Å²) in [6.07, 6.45) is -1.77. The first-order valence-electron chi connectivity index (χ1n) is 5.11. The molecule has 2 saturated heterocycles. The van der Waals surface area contributed by atoms with Gasteiger partial charge in [-0.25, -0.2) is 0 Å². The Labute approximate surface area is 82.6 Å². The summed E-state index contributed by atoms with van der Waals surface area (Å²) < 4.78 is 0. The number of aliphatic hydroxyl groups is 4. The van der Waals surface area contributed by atoms with Crippen LogP contribution in [0.1, 0.15) is 19.3 Å². The molecule has 0 aromatic carbocycles. The van der Waals surface area contributed by atoms with E-state index in [-0.39, 0.29) is 6.04 Å². The quantitative estimate of drug-likeness (QED) is 0.375. The van der Waals surface area contributed by atoms with Crippen molar-refractivity contribution in [2.75, 3.05) is 6.54 Å². The molecule has 0 radical (unpaired) electrons. The molecule has 0 aliphatic carbocycles. The molecule has 0 spiro atoms. The van der Waals surface area contributed by atoms with Gasteiger partial charge in [0.1, 0.15) is 18.4 Å². The summed E-state index contributed by atoms with van der Waals surface area (Å²) >= 11 is 0. The molecule has 0 bridgehead atoms. The Bertz CT molecular complexity index is 191. The second kappa shape index (κ2) is 3.75. The van der Waals surface area contributed by atoms with Crippen LogP contribution in [0.25, 0.3) is 0 Å². The average Bonchev–Trinajstić information content (AvgIpc) is 2.23. The second-order valence-electron chi connectivity index (χ2n) is 4.19. The van der Waals surface area contributed by atoms with Crippen molar-refractivity contribution in [3.05, 3.63) is 0 Å². The molecule has 0 aromatic heterocycles. The maximum absolute atomic E-state index is 9.70. The summed E-state index contributed by atoms with van der Waals surface area (Å²) in [5.74, 6) is 0. The van der Waals surface area contributed by atoms with Crippen LogP contribution >= 0.6 is 0 Å². The molecule has 0 amide bonds. The van der Waals surface area contributed by atoms with E-state index in [9.17, 15) is 20.4 Å². The molecule has 5 heteroatoms. The van der Waals surface area contributed by atoms with Gasteiger partial charge in [0.25, 0.3) is 0 Å². The normalized spacial score (nSPS) is 50.1. The van der Waals surface area contributed by atoms with Crippen LogP contribution in [0, 0.1) is 0 Å². The zero-order valence-electron chi connectivity index (χ0n) is 7.95. The summed E-state index contributed by atoms with van der Waals surface area (Å²) in [4.78, 5) is 1.69. The van der Waals surface area contributed by atoms with E-state index in [4.69, 9.17) is 0 Å². The number of hydrogen-bond donors (Lipinski definition) is 4. The summed E-state index contributed by atoms with van der Waals surface area (Å²) in [6, 6.07) is -0.211. The van der Waals surface area contributed by atoms with Gasteiger partial charge in [-0.1, -0.05) is 6.42 Å². The van der Waals surface area contributed by atoms with Gasteiger partial charge < -0.3 is 20.4 Å². The van der Waals surface area contributed by atoms with Crippen molar-refractivity contribution in [1.82, 2.24) is 4.90 Å². The maximum atomic E-state index is 9.70. The molecule has 5 atom stereocenters. The van der Waals surface area contributed by atoms with Crippen molar-refractivity contribution in [2.24, 2.45) is 0 Å². The molecule has 4 N–H and O–H groups in total. The van der Waals surface area contributed by atoms with Crippen LogP contribution in [0.3, 0.4) is 0 Å². The lowest BCUT2D eigenvalue weighted by atomic mass is 9.86. The number of rotatable bonds is 0. The van der Waals surface area contributed by atoms with E-state index in [1.165, 1.54) is 0 Å². The standard InChI is InChI=1S/C9H17NO4/c11-6-5-3-1-2-4-10(5)9(14)8(13)7(6)12/h5-9,11-14H,1-4H2/t5-,6+,7-,8+,9-/m0/s1. The lowest BCUT2D eigenvalue weighted by Crippen LogP contribution is -2.67. The molecule has 2 fully saturated rings. The van der Waals surface area contributed by atoms with E-state index in [1.54, 1.807) is 4.90 Å². The fourth-order valence-corrected chi connectivity index (χ4v) is 2.48. The van der Waals surface area contributed by atoms with Crippen LogP contribution in [-0.2, 0) is 0 Å². The van der Waals surface area contributed by atoms with E-state index in [0.717, 1.165) is 19.3 Å². The number of fused-ring (bicyclic) bond motifs is 1. The topological polar surface area (TPSA) is 84.2 Å². The molecule has 2 rings (SSSR count). The zero-order valence-corrected chi connectivity index (χ0v) is 7.95. The maximum Gasteiger partial charge on any atom is 0.136 e. The lowest BCUT2D eigenvalue weighted by molar-refractivity contribution is -0.223. The Balaban J connectivity index is 2.16. The minimum Gasteiger partial charge on any atom is -0.389 e. The molecule has 0 unspecified atom stereocenters. The number of aliphatic hydroxyl groups excluding tert-OH is 4. The van der Waals surface area contributed by atoms with Gasteiger partial charge in [-0.2, -0.15) is 0 Å². The molecule has 2 aliphatic heterocycles. The van der Waals surface area contributed by atoms with E-state index < -0.39 is 24.5 Å². The van der Waals surface area contributed by atoms with Gasteiger partial charge in [0.05, 0.1) is 6.10 Å². The highest BCUT2D eigenvalue weighted by molar-refractivity contribution is 4.97. The van der Waals surface area contributed by atoms with Gasteiger partial charge in [-0.15, -0.1) is 0 Å². The summed E-state index contributed by atoms with van der Waals surface area (Å²) in [5.41, 5.74) is 0. The third kappa shape index (κ3) is 1.45. The predicted octanol–water partition coefficient (Wildman–Crippen LogP) is -1.74. The van der Waals surface area contributed by atoms with E-state index in [1.807, 2.05) is 0 Å². The monoisotopic (exact) mass is 203 g/mol. The summed E-state index contributed by atoms with van der Waals surface area (Å²) in [7, 11) is 0. The van der Waals surface area contributed by atoms with Crippen LogP contribution in [0.5, 0.6) is 0 Å². The Hall–Kier alpha value is -0.200. The van der Waals surface area contributed by atoms with Crippen LogP contribution in [0.15, 0.2) is 0 Å². The van der Waals surface area contributed by atoms with E-state index >= 15 is 0 Å². The van der Waals surface area contributed by atoms with Gasteiger partial charge in [0.15, 0.2) is 0 Å². The molecule has 2 heterocycles. The first-order valence-corrected chi connectivity index (χ1v) is 5.11. The highest BCUT2D eigenvalue weighted by Gasteiger charge is 2.47. The molecular formula is C9H17NO4. The van der Waals surface area contributed by atoms with Crippen LogP contribution < -0.4 is 0 Å². The van der Waals surface area contributed by atoms with Crippen molar-refractivity contribution in [3.8, 4) is 0 Å². The Morgan fingerprint density at radius 1 is 0.857 bits per heavy atom. The second-order valence-corrected chi connectivity index (χ2v) is 4.19. The molecular weight excluding hydrogens is 186 g/mol. The van der Waals surface area contributed by atoms with Crippen molar-refractivity contribution in [3.63, 3.8) is 0 Å². The zero-order chi connectivity index (χ0) is 10.3. The molecule has 2 aliphatic rings. The smallest absolute Gasteiger partial charge is 0.136 e. The highest BCUT2D eigenvalue weighted by Crippen LogP contribution is 2.29. The van der Waals surface area contributed by atoms with Gasteiger partial charge in [-0.05, 0) is 12.8 Å². The first-order chi connectivity index (χ1) is 6.63. The SMILES string of the molecule is O[C@@H]1[C@@H](O)[C@H](O)N2CCCC[C@H]2[C@H]1O. The summed E-state index contributed by atoms with van der Waals surface area (Å²) in [6.45, 7) is 0.673. The van der Waals surface area contributed by atoms with Crippen molar-refractivity contribution >= 4 is 0 Å². The fraction of sp³-hybridized carbons (Fsp3) is 1.00. The van der Waals surface area contributed by atoms with E-state index in [0.29, 0.717) is 6.54 Å². The fourth-order valence-electron chi connectivity index (χ4n) is 2.48. The first kappa shape index (κ1) is 10.3. The number of nitrogens with zero attached hydrogens (tertiary/aromatic N) is 1. The number of piperidine rings is 2. The van der Waals surface area contributed by atoms with Gasteiger partial charge in [0.2, 0.25) is 0 Å². The Morgan fingerprint density at radius 2 is 1.57 bits per heavy atom. The predicted molar refractivity (Wildman–Crippen MR) is 48.4 cm³/mol. The summed E-state index contributed by atoms with van der Waals surface area (Å²) in [5, 5.41) is 38.3. The van der Waals surface area contributed by atoms with E-state index in [2.05, 4.69) is 0 Å². The van der Waals surface area contributed by atoms with Gasteiger partial charge in [-0.3, -0.25) is 4.90 Å².